The predicted octanol–water partition coefficient (Wildman–Crippen LogP) is 1.79. The van der Waals surface area contributed by atoms with Gasteiger partial charge in [0.2, 0.25) is 5.91 Å². The van der Waals surface area contributed by atoms with Crippen molar-refractivity contribution < 1.29 is 9.90 Å². The quantitative estimate of drug-likeness (QED) is 0.833. The molecular formula is C11H17NO2S. The Morgan fingerprint density at radius 3 is 2.87 bits per heavy atom. The van der Waals surface area contributed by atoms with Crippen LogP contribution in [0.3, 0.4) is 0 Å². The molecule has 1 aromatic heterocycles. The zero-order valence-corrected chi connectivity index (χ0v) is 10.0. The van der Waals surface area contributed by atoms with E-state index in [1.165, 1.54) is 10.4 Å². The van der Waals surface area contributed by atoms with E-state index < -0.39 is 0 Å². The van der Waals surface area contributed by atoms with Crippen molar-refractivity contribution in [3.8, 4) is 0 Å². The second-order valence-corrected chi connectivity index (χ2v) is 4.60. The third-order valence-corrected chi connectivity index (χ3v) is 3.33. The second-order valence-electron chi connectivity index (χ2n) is 3.60. The highest BCUT2D eigenvalue weighted by Gasteiger charge is 2.10. The molecule has 0 saturated heterocycles. The average Bonchev–Trinajstić information content (AvgIpc) is 2.61. The van der Waals surface area contributed by atoms with E-state index >= 15 is 0 Å². The number of rotatable bonds is 5. The third-order valence-electron chi connectivity index (χ3n) is 2.32. The normalized spacial score (nSPS) is 10.3. The number of aryl methyl sites for hydroxylation is 1. The molecule has 0 aliphatic carbocycles. The number of carbonyl (C=O) groups is 1. The fraction of sp³-hybridized carbons (Fsp3) is 0.545. The number of hydrogen-bond acceptors (Lipinski definition) is 3. The van der Waals surface area contributed by atoms with Crippen LogP contribution in [0.15, 0.2) is 11.4 Å². The van der Waals surface area contributed by atoms with Gasteiger partial charge in [0.05, 0.1) is 6.54 Å². The van der Waals surface area contributed by atoms with Gasteiger partial charge in [-0.3, -0.25) is 4.79 Å². The molecule has 0 aliphatic heterocycles. The fourth-order valence-electron chi connectivity index (χ4n) is 1.29. The maximum atomic E-state index is 11.6. The molecule has 0 aliphatic rings. The summed E-state index contributed by atoms with van der Waals surface area (Å²) in [5.41, 5.74) is 1.24. The minimum Gasteiger partial charge on any atom is -0.396 e. The first-order valence-electron chi connectivity index (χ1n) is 5.03. The molecule has 84 valence electrons. The van der Waals surface area contributed by atoms with Crippen molar-refractivity contribution in [1.29, 1.82) is 0 Å². The summed E-state index contributed by atoms with van der Waals surface area (Å²) in [5.74, 6) is 0.0943. The van der Waals surface area contributed by atoms with Crippen LogP contribution in [0.1, 0.15) is 23.3 Å². The first kappa shape index (κ1) is 12.2. The summed E-state index contributed by atoms with van der Waals surface area (Å²) < 4.78 is 0. The second kappa shape index (κ2) is 5.88. The van der Waals surface area contributed by atoms with Crippen molar-refractivity contribution in [2.45, 2.75) is 26.3 Å². The topological polar surface area (TPSA) is 40.5 Å². The molecule has 0 radical (unpaired) electrons. The molecule has 1 aromatic rings. The van der Waals surface area contributed by atoms with Crippen LogP contribution in [0, 0.1) is 6.92 Å². The lowest BCUT2D eigenvalue weighted by atomic mass is 10.2. The molecule has 15 heavy (non-hydrogen) atoms. The van der Waals surface area contributed by atoms with Crippen LogP contribution < -0.4 is 0 Å². The van der Waals surface area contributed by atoms with Gasteiger partial charge in [-0.1, -0.05) is 0 Å². The Balaban J connectivity index is 2.45. The Morgan fingerprint density at radius 2 is 2.33 bits per heavy atom. The lowest BCUT2D eigenvalue weighted by molar-refractivity contribution is -0.130. The minimum absolute atomic E-state index is 0.0810. The van der Waals surface area contributed by atoms with Gasteiger partial charge in [-0.2, -0.15) is 0 Å². The monoisotopic (exact) mass is 227 g/mol. The standard InChI is InChI=1S/C11H17NO2S/c1-9-5-7-15-10(9)8-12(2)11(14)4-3-6-13/h5,7,13H,3-4,6,8H2,1-2H3. The van der Waals surface area contributed by atoms with Crippen LogP contribution in [0.4, 0.5) is 0 Å². The van der Waals surface area contributed by atoms with Crippen molar-refractivity contribution in [3.63, 3.8) is 0 Å². The molecule has 0 bridgehead atoms. The number of carbonyl (C=O) groups excluding carboxylic acids is 1. The van der Waals surface area contributed by atoms with Gasteiger partial charge in [0.15, 0.2) is 0 Å². The number of amides is 1. The van der Waals surface area contributed by atoms with Gasteiger partial charge in [0.25, 0.3) is 0 Å². The number of nitrogens with zero attached hydrogens (tertiary/aromatic N) is 1. The van der Waals surface area contributed by atoms with Gasteiger partial charge >= 0.3 is 0 Å². The molecule has 0 fully saturated rings. The van der Waals surface area contributed by atoms with Crippen LogP contribution >= 0.6 is 11.3 Å². The van der Waals surface area contributed by atoms with Crippen molar-refractivity contribution in [3.05, 3.63) is 21.9 Å². The smallest absolute Gasteiger partial charge is 0.222 e. The van der Waals surface area contributed by atoms with Crippen molar-refractivity contribution in [1.82, 2.24) is 4.90 Å². The summed E-state index contributed by atoms with van der Waals surface area (Å²) in [6, 6.07) is 2.06. The summed E-state index contributed by atoms with van der Waals surface area (Å²) in [5, 5.41) is 10.7. The number of thiophene rings is 1. The SMILES string of the molecule is Cc1ccsc1CN(C)C(=O)CCCO. The van der Waals surface area contributed by atoms with Gasteiger partial charge < -0.3 is 10.0 Å². The molecule has 1 amide bonds. The first-order valence-corrected chi connectivity index (χ1v) is 5.91. The molecule has 0 aromatic carbocycles. The maximum absolute atomic E-state index is 11.6. The van der Waals surface area contributed by atoms with Crippen LogP contribution in [0.2, 0.25) is 0 Å². The molecule has 4 heteroatoms. The summed E-state index contributed by atoms with van der Waals surface area (Å²) in [7, 11) is 1.80. The van der Waals surface area contributed by atoms with Gasteiger partial charge in [0, 0.05) is 25.0 Å². The van der Waals surface area contributed by atoms with E-state index in [2.05, 4.69) is 13.0 Å². The molecule has 0 atom stereocenters. The van der Waals surface area contributed by atoms with E-state index in [0.717, 1.165) is 0 Å². The Kier molecular flexibility index (Phi) is 4.78. The Morgan fingerprint density at radius 1 is 1.60 bits per heavy atom. The van der Waals surface area contributed by atoms with Gasteiger partial charge in [-0.05, 0) is 30.4 Å². The summed E-state index contributed by atoms with van der Waals surface area (Å²) >= 11 is 1.68. The van der Waals surface area contributed by atoms with Crippen LogP contribution in [0.5, 0.6) is 0 Å². The first-order chi connectivity index (χ1) is 7.15. The number of aliphatic hydroxyl groups excluding tert-OH is 1. The zero-order valence-electron chi connectivity index (χ0n) is 9.19. The largest absolute Gasteiger partial charge is 0.396 e. The predicted molar refractivity (Wildman–Crippen MR) is 61.8 cm³/mol. The molecule has 0 unspecified atom stereocenters. The molecule has 3 nitrogen and oxygen atoms in total. The maximum Gasteiger partial charge on any atom is 0.222 e. The van der Waals surface area contributed by atoms with Crippen molar-refractivity contribution >= 4 is 17.2 Å². The number of hydrogen-bond donors (Lipinski definition) is 1. The highest BCUT2D eigenvalue weighted by molar-refractivity contribution is 7.10. The highest BCUT2D eigenvalue weighted by atomic mass is 32.1. The summed E-state index contributed by atoms with van der Waals surface area (Å²) in [4.78, 5) is 14.5. The lowest BCUT2D eigenvalue weighted by Gasteiger charge is -2.16. The Labute approximate surface area is 94.3 Å². The Hall–Kier alpha value is -0.870. The van der Waals surface area contributed by atoms with Crippen molar-refractivity contribution in [2.75, 3.05) is 13.7 Å². The zero-order chi connectivity index (χ0) is 11.3. The van der Waals surface area contributed by atoms with E-state index in [0.29, 0.717) is 19.4 Å². The van der Waals surface area contributed by atoms with Crippen LogP contribution in [0.25, 0.3) is 0 Å². The van der Waals surface area contributed by atoms with Crippen molar-refractivity contribution in [2.24, 2.45) is 0 Å². The van der Waals surface area contributed by atoms with Crippen LogP contribution in [-0.2, 0) is 11.3 Å². The summed E-state index contributed by atoms with van der Waals surface area (Å²) in [6.07, 6.45) is 0.976. The van der Waals surface area contributed by atoms with E-state index in [4.69, 9.17) is 5.11 Å². The van der Waals surface area contributed by atoms with Gasteiger partial charge in [-0.25, -0.2) is 0 Å². The van der Waals surface area contributed by atoms with E-state index in [1.54, 1.807) is 23.3 Å². The molecule has 0 spiro atoms. The van der Waals surface area contributed by atoms with E-state index in [9.17, 15) is 4.79 Å². The van der Waals surface area contributed by atoms with Gasteiger partial charge in [-0.15, -0.1) is 11.3 Å². The Bertz CT molecular complexity index is 322. The van der Waals surface area contributed by atoms with E-state index in [1.807, 2.05) is 5.38 Å². The molecule has 0 saturated carbocycles. The highest BCUT2D eigenvalue weighted by Crippen LogP contribution is 2.17. The van der Waals surface area contributed by atoms with Crippen LogP contribution in [-0.4, -0.2) is 29.6 Å². The van der Waals surface area contributed by atoms with E-state index in [-0.39, 0.29) is 12.5 Å². The van der Waals surface area contributed by atoms with Gasteiger partial charge in [0.1, 0.15) is 0 Å². The lowest BCUT2D eigenvalue weighted by Crippen LogP contribution is -2.25. The minimum atomic E-state index is 0.0810. The summed E-state index contributed by atoms with van der Waals surface area (Å²) in [6.45, 7) is 2.81. The third kappa shape index (κ3) is 3.64. The molecule has 1 heterocycles. The number of aliphatic hydroxyl groups is 1. The molecule has 1 N–H and O–H groups in total. The molecule has 1 rings (SSSR count). The fourth-order valence-corrected chi connectivity index (χ4v) is 2.25. The average molecular weight is 227 g/mol. The molecular weight excluding hydrogens is 210 g/mol.